The van der Waals surface area contributed by atoms with Crippen LogP contribution < -0.4 is 5.73 Å². The van der Waals surface area contributed by atoms with Crippen molar-refractivity contribution in [3.8, 4) is 6.07 Å². The quantitative estimate of drug-likeness (QED) is 0.829. The molecule has 90 valence electrons. The van der Waals surface area contributed by atoms with E-state index in [0.29, 0.717) is 18.7 Å². The minimum atomic E-state index is -0.0452. The van der Waals surface area contributed by atoms with Gasteiger partial charge < -0.3 is 10.6 Å². The van der Waals surface area contributed by atoms with Gasteiger partial charge in [0.1, 0.15) is 0 Å². The van der Waals surface area contributed by atoms with Gasteiger partial charge in [-0.05, 0) is 24.1 Å². The van der Waals surface area contributed by atoms with Gasteiger partial charge in [-0.15, -0.1) is 0 Å². The molecule has 0 aliphatic heterocycles. The van der Waals surface area contributed by atoms with Gasteiger partial charge >= 0.3 is 0 Å². The van der Waals surface area contributed by atoms with Crippen LogP contribution in [-0.4, -0.2) is 23.9 Å². The lowest BCUT2D eigenvalue weighted by Gasteiger charge is -2.21. The molecule has 0 bridgehead atoms. The number of hydrogen-bond acceptors (Lipinski definition) is 3. The van der Waals surface area contributed by atoms with Gasteiger partial charge in [-0.1, -0.05) is 19.1 Å². The first kappa shape index (κ1) is 13.2. The lowest BCUT2D eigenvalue weighted by atomic mass is 10.1. The Hall–Kier alpha value is -1.86. The molecule has 0 radical (unpaired) electrons. The van der Waals surface area contributed by atoms with Crippen LogP contribution >= 0.6 is 0 Å². The largest absolute Gasteiger partial charge is 0.337 e. The Labute approximate surface area is 102 Å². The van der Waals surface area contributed by atoms with E-state index in [4.69, 9.17) is 11.0 Å². The second-order valence-corrected chi connectivity index (χ2v) is 3.83. The normalized spacial score (nSPS) is 9.71. The molecule has 17 heavy (non-hydrogen) atoms. The Morgan fingerprint density at radius 2 is 2.06 bits per heavy atom. The Balaban J connectivity index is 2.72. The van der Waals surface area contributed by atoms with E-state index in [1.165, 1.54) is 0 Å². The van der Waals surface area contributed by atoms with E-state index in [2.05, 4.69) is 6.07 Å². The molecule has 0 aromatic heterocycles. The molecule has 0 saturated carbocycles. The average Bonchev–Trinajstić information content (AvgIpc) is 2.38. The highest BCUT2D eigenvalue weighted by atomic mass is 16.2. The van der Waals surface area contributed by atoms with Gasteiger partial charge in [-0.25, -0.2) is 0 Å². The van der Waals surface area contributed by atoms with Crippen molar-refractivity contribution >= 4 is 5.91 Å². The number of nitrogens with zero attached hydrogens (tertiary/aromatic N) is 2. The van der Waals surface area contributed by atoms with E-state index in [1.54, 1.807) is 17.0 Å². The van der Waals surface area contributed by atoms with E-state index in [0.717, 1.165) is 12.0 Å². The maximum absolute atomic E-state index is 11.6. The molecular weight excluding hydrogens is 214 g/mol. The Kier molecular flexibility index (Phi) is 5.18. The van der Waals surface area contributed by atoms with Crippen LogP contribution in [0.5, 0.6) is 0 Å². The molecule has 0 unspecified atom stereocenters. The van der Waals surface area contributed by atoms with Crippen molar-refractivity contribution in [3.63, 3.8) is 0 Å². The fourth-order valence-electron chi connectivity index (χ4n) is 1.60. The summed E-state index contributed by atoms with van der Waals surface area (Å²) in [6.07, 6.45) is 0.905. The minimum Gasteiger partial charge on any atom is -0.337 e. The molecule has 1 amide bonds. The molecular formula is C13H17N3O. The van der Waals surface area contributed by atoms with Crippen molar-refractivity contribution in [1.82, 2.24) is 4.90 Å². The Bertz CT molecular complexity index is 406. The van der Waals surface area contributed by atoms with Crippen LogP contribution in [0.2, 0.25) is 0 Å². The molecule has 4 heteroatoms. The highest BCUT2D eigenvalue weighted by molar-refractivity contribution is 5.78. The van der Waals surface area contributed by atoms with Crippen LogP contribution in [0.4, 0.5) is 0 Å². The number of hydrogen-bond donors (Lipinski definition) is 1. The first-order valence-electron chi connectivity index (χ1n) is 5.68. The van der Waals surface area contributed by atoms with E-state index in [-0.39, 0.29) is 12.5 Å². The number of benzene rings is 1. The second kappa shape index (κ2) is 6.66. The summed E-state index contributed by atoms with van der Waals surface area (Å²) in [5.41, 5.74) is 7.01. The number of amides is 1. The van der Waals surface area contributed by atoms with Gasteiger partial charge in [0.25, 0.3) is 0 Å². The number of carbonyl (C=O) groups excluding carboxylic acids is 1. The smallest absolute Gasteiger partial charge is 0.236 e. The van der Waals surface area contributed by atoms with Crippen molar-refractivity contribution in [2.24, 2.45) is 5.73 Å². The lowest BCUT2D eigenvalue weighted by Crippen LogP contribution is -2.36. The molecule has 0 aliphatic rings. The first-order chi connectivity index (χ1) is 8.21. The molecule has 0 heterocycles. The molecule has 0 spiro atoms. The third-order valence-electron chi connectivity index (χ3n) is 2.48. The standard InChI is InChI=1S/C13H17N3O/c1-2-7-16(13(17)9-15)10-12-5-3-11(8-14)4-6-12/h3-6H,2,7,9-10,15H2,1H3. The summed E-state index contributed by atoms with van der Waals surface area (Å²) < 4.78 is 0. The summed E-state index contributed by atoms with van der Waals surface area (Å²) in [4.78, 5) is 13.3. The van der Waals surface area contributed by atoms with Crippen LogP contribution in [0.15, 0.2) is 24.3 Å². The number of nitriles is 1. The average molecular weight is 231 g/mol. The Morgan fingerprint density at radius 3 is 2.53 bits per heavy atom. The summed E-state index contributed by atoms with van der Waals surface area (Å²) in [5.74, 6) is -0.0452. The van der Waals surface area contributed by atoms with E-state index in [1.807, 2.05) is 19.1 Å². The van der Waals surface area contributed by atoms with Crippen LogP contribution in [0.25, 0.3) is 0 Å². The summed E-state index contributed by atoms with van der Waals surface area (Å²) in [5, 5.41) is 8.69. The van der Waals surface area contributed by atoms with Crippen molar-refractivity contribution in [2.75, 3.05) is 13.1 Å². The topological polar surface area (TPSA) is 70.1 Å². The van der Waals surface area contributed by atoms with Gasteiger partial charge in [-0.3, -0.25) is 4.79 Å². The van der Waals surface area contributed by atoms with Crippen LogP contribution in [0, 0.1) is 11.3 Å². The van der Waals surface area contributed by atoms with Crippen LogP contribution in [0.1, 0.15) is 24.5 Å². The van der Waals surface area contributed by atoms with Gasteiger partial charge in [0.15, 0.2) is 0 Å². The molecule has 0 atom stereocenters. The number of carbonyl (C=O) groups is 1. The molecule has 4 nitrogen and oxygen atoms in total. The van der Waals surface area contributed by atoms with Crippen molar-refractivity contribution in [3.05, 3.63) is 35.4 Å². The van der Waals surface area contributed by atoms with E-state index in [9.17, 15) is 4.79 Å². The zero-order chi connectivity index (χ0) is 12.7. The van der Waals surface area contributed by atoms with Gasteiger partial charge in [0.2, 0.25) is 5.91 Å². The van der Waals surface area contributed by atoms with E-state index >= 15 is 0 Å². The lowest BCUT2D eigenvalue weighted by molar-refractivity contribution is -0.130. The predicted molar refractivity (Wildman–Crippen MR) is 65.9 cm³/mol. The van der Waals surface area contributed by atoms with Crippen LogP contribution in [0.3, 0.4) is 0 Å². The maximum atomic E-state index is 11.6. The fourth-order valence-corrected chi connectivity index (χ4v) is 1.60. The summed E-state index contributed by atoms with van der Waals surface area (Å²) >= 11 is 0. The Morgan fingerprint density at radius 1 is 1.41 bits per heavy atom. The third-order valence-corrected chi connectivity index (χ3v) is 2.48. The van der Waals surface area contributed by atoms with Crippen LogP contribution in [-0.2, 0) is 11.3 Å². The van der Waals surface area contributed by atoms with Gasteiger partial charge in [-0.2, -0.15) is 5.26 Å². The summed E-state index contributed by atoms with van der Waals surface area (Å²) in [6, 6.07) is 9.31. The second-order valence-electron chi connectivity index (χ2n) is 3.83. The van der Waals surface area contributed by atoms with E-state index < -0.39 is 0 Å². The summed E-state index contributed by atoms with van der Waals surface area (Å²) in [7, 11) is 0. The first-order valence-corrected chi connectivity index (χ1v) is 5.68. The molecule has 1 aromatic rings. The zero-order valence-electron chi connectivity index (χ0n) is 10.0. The zero-order valence-corrected chi connectivity index (χ0v) is 10.0. The van der Waals surface area contributed by atoms with Gasteiger partial charge in [0.05, 0.1) is 18.2 Å². The van der Waals surface area contributed by atoms with Gasteiger partial charge in [0, 0.05) is 13.1 Å². The monoisotopic (exact) mass is 231 g/mol. The summed E-state index contributed by atoms with van der Waals surface area (Å²) in [6.45, 7) is 3.32. The molecule has 2 N–H and O–H groups in total. The predicted octanol–water partition coefficient (Wildman–Crippen LogP) is 1.26. The highest BCUT2D eigenvalue weighted by Gasteiger charge is 2.10. The minimum absolute atomic E-state index is 0.0380. The van der Waals surface area contributed by atoms with Crippen molar-refractivity contribution < 1.29 is 4.79 Å². The molecule has 1 rings (SSSR count). The molecule has 0 aliphatic carbocycles. The fraction of sp³-hybridized carbons (Fsp3) is 0.385. The third kappa shape index (κ3) is 3.89. The molecule has 0 fully saturated rings. The number of rotatable bonds is 5. The van der Waals surface area contributed by atoms with Crippen molar-refractivity contribution in [1.29, 1.82) is 5.26 Å². The molecule has 0 saturated heterocycles. The molecule has 1 aromatic carbocycles. The highest BCUT2D eigenvalue weighted by Crippen LogP contribution is 2.07. The maximum Gasteiger partial charge on any atom is 0.236 e. The SMILES string of the molecule is CCCN(Cc1ccc(C#N)cc1)C(=O)CN. The van der Waals surface area contributed by atoms with Crippen molar-refractivity contribution in [2.45, 2.75) is 19.9 Å². The number of nitrogens with two attached hydrogens (primary N) is 1.